The molecule has 1 aliphatic rings. The van der Waals surface area contributed by atoms with Crippen LogP contribution >= 0.6 is 24.4 Å². The molecule has 1 rings (SSSR count). The summed E-state index contributed by atoms with van der Waals surface area (Å²) in [5.74, 6) is 0. The van der Waals surface area contributed by atoms with Crippen molar-refractivity contribution in [1.29, 1.82) is 0 Å². The zero-order chi connectivity index (χ0) is 9.14. The summed E-state index contributed by atoms with van der Waals surface area (Å²) < 4.78 is 1.09. The average molecular weight is 318 g/mol. The van der Waals surface area contributed by atoms with E-state index in [2.05, 4.69) is 0 Å². The normalized spacial score (nSPS) is 13.2. The summed E-state index contributed by atoms with van der Waals surface area (Å²) in [5, 5.41) is 0. The fourth-order valence-corrected chi connectivity index (χ4v) is 1.80. The van der Waals surface area contributed by atoms with E-state index in [1.165, 1.54) is 0 Å². The maximum atomic E-state index is 4.88. The third kappa shape index (κ3) is 9.12. The summed E-state index contributed by atoms with van der Waals surface area (Å²) in [6.45, 7) is 3.39. The third-order valence-electron chi connectivity index (χ3n) is 1.80. The molecule has 0 unspecified atom stereocenters. The van der Waals surface area contributed by atoms with Gasteiger partial charge in [-0.05, 0) is 0 Å². The van der Waals surface area contributed by atoms with Crippen molar-refractivity contribution >= 4 is 58.3 Å². The fourth-order valence-electron chi connectivity index (χ4n) is 1.07. The number of hydrogen-bond donors (Lipinski definition) is 0. The molecule has 0 saturated carbocycles. The Kier molecular flexibility index (Phi) is 22.6. The first-order chi connectivity index (χ1) is 5.61. The SMILES string of the molecule is O.O.S=C([S-])N1CCN(C(=S)[S-])CC1.[Na+].[Na+]. The second-order valence-corrected chi connectivity index (χ2v) is 4.57. The van der Waals surface area contributed by atoms with Gasteiger partial charge >= 0.3 is 59.1 Å². The maximum absolute atomic E-state index is 4.88. The van der Waals surface area contributed by atoms with Crippen LogP contribution in [0, 0.1) is 0 Å². The van der Waals surface area contributed by atoms with Crippen molar-refractivity contribution in [3.8, 4) is 0 Å². The van der Waals surface area contributed by atoms with Gasteiger partial charge in [0.05, 0.1) is 0 Å². The van der Waals surface area contributed by atoms with Gasteiger partial charge in [0.1, 0.15) is 0 Å². The van der Waals surface area contributed by atoms with E-state index in [-0.39, 0.29) is 70.1 Å². The standard InChI is InChI=1S/C6H10N2S4.2Na.2H2O/c9-5(10)7-1-2-8(4-3-7)6(11)12;;;;/h1-4H2,(H,9,10)(H,11,12);;;2*1H2/q;2*+1;;/p-2. The van der Waals surface area contributed by atoms with Crippen molar-refractivity contribution < 1.29 is 70.1 Å². The fraction of sp³-hybridized carbons (Fsp3) is 0.667. The summed E-state index contributed by atoms with van der Waals surface area (Å²) in [6, 6.07) is 0. The molecule has 4 nitrogen and oxygen atoms in total. The predicted octanol–water partition coefficient (Wildman–Crippen LogP) is -7.37. The van der Waals surface area contributed by atoms with Gasteiger partial charge in [0.15, 0.2) is 0 Å². The van der Waals surface area contributed by atoms with Gasteiger partial charge in [-0.3, -0.25) is 0 Å². The summed E-state index contributed by atoms with van der Waals surface area (Å²) in [7, 11) is 0. The largest absolute Gasteiger partial charge is 1.00 e. The van der Waals surface area contributed by atoms with Crippen LogP contribution in [0.5, 0.6) is 0 Å². The van der Waals surface area contributed by atoms with E-state index in [0.29, 0.717) is 8.64 Å². The molecule has 0 spiro atoms. The van der Waals surface area contributed by atoms with Gasteiger partial charge in [0.25, 0.3) is 0 Å². The van der Waals surface area contributed by atoms with E-state index in [4.69, 9.17) is 49.7 Å². The second kappa shape index (κ2) is 13.6. The van der Waals surface area contributed by atoms with Gasteiger partial charge in [0, 0.05) is 26.2 Å². The molecule has 0 bridgehead atoms. The Hall–Kier alpha value is 2.14. The molecule has 0 aliphatic carbocycles. The number of piperazine rings is 1. The molecular weight excluding hydrogens is 306 g/mol. The van der Waals surface area contributed by atoms with Crippen molar-refractivity contribution in [3.05, 3.63) is 0 Å². The Balaban J connectivity index is -0.000000180. The van der Waals surface area contributed by atoms with Crippen molar-refractivity contribution in [2.45, 2.75) is 0 Å². The maximum Gasteiger partial charge on any atom is 1.00 e. The van der Waals surface area contributed by atoms with Crippen LogP contribution in [0.15, 0.2) is 0 Å². The molecule has 16 heavy (non-hydrogen) atoms. The van der Waals surface area contributed by atoms with E-state index in [0.717, 1.165) is 26.2 Å². The first-order valence-electron chi connectivity index (χ1n) is 3.53. The average Bonchev–Trinajstić information content (AvgIpc) is 2.04. The van der Waals surface area contributed by atoms with E-state index in [1.54, 1.807) is 0 Å². The zero-order valence-corrected chi connectivity index (χ0v) is 16.6. The van der Waals surface area contributed by atoms with Crippen molar-refractivity contribution in [1.82, 2.24) is 9.80 Å². The summed E-state index contributed by atoms with van der Waals surface area (Å²) in [5.41, 5.74) is 0. The van der Waals surface area contributed by atoms with Crippen LogP contribution < -0.4 is 59.1 Å². The molecule has 84 valence electrons. The Morgan fingerprint density at radius 1 is 0.750 bits per heavy atom. The predicted molar refractivity (Wildman–Crippen MR) is 70.3 cm³/mol. The molecule has 4 N–H and O–H groups in total. The molecule has 1 aliphatic heterocycles. The number of hydrogen-bond acceptors (Lipinski definition) is 4. The summed E-state index contributed by atoms with van der Waals surface area (Å²) in [6.07, 6.45) is 0. The molecule has 0 aromatic heterocycles. The zero-order valence-electron chi connectivity index (χ0n) is 9.36. The molecular formula is C6H12N2Na2O2S4. The third-order valence-corrected chi connectivity index (χ3v) is 2.83. The van der Waals surface area contributed by atoms with E-state index < -0.39 is 0 Å². The van der Waals surface area contributed by atoms with Crippen LogP contribution in [0.1, 0.15) is 0 Å². The molecule has 1 heterocycles. The molecule has 0 aromatic carbocycles. The Bertz CT molecular complexity index is 193. The minimum Gasteiger partial charge on any atom is -0.412 e. The minimum atomic E-state index is 0. The van der Waals surface area contributed by atoms with Crippen molar-refractivity contribution in [2.75, 3.05) is 26.2 Å². The molecule has 10 heteroatoms. The Labute approximate surface area is 162 Å². The molecule has 0 aromatic rings. The number of nitrogens with zero attached hydrogens (tertiary/aromatic N) is 2. The van der Waals surface area contributed by atoms with Gasteiger partial charge in [-0.2, -0.15) is 0 Å². The summed E-state index contributed by atoms with van der Waals surface area (Å²) in [4.78, 5) is 3.99. The first kappa shape index (κ1) is 26.7. The monoisotopic (exact) mass is 318 g/mol. The van der Waals surface area contributed by atoms with Crippen LogP contribution in [0.4, 0.5) is 0 Å². The molecule has 0 atom stereocenters. The quantitative estimate of drug-likeness (QED) is 0.251. The summed E-state index contributed by atoms with van der Waals surface area (Å²) >= 11 is 19.5. The molecule has 0 amide bonds. The topological polar surface area (TPSA) is 69.5 Å². The van der Waals surface area contributed by atoms with E-state index in [9.17, 15) is 0 Å². The molecule has 1 saturated heterocycles. The van der Waals surface area contributed by atoms with Gasteiger partial charge < -0.3 is 70.4 Å². The number of rotatable bonds is 0. The van der Waals surface area contributed by atoms with Crippen LogP contribution in [0.3, 0.4) is 0 Å². The smallest absolute Gasteiger partial charge is 0.412 e. The van der Waals surface area contributed by atoms with Gasteiger partial charge in [-0.25, -0.2) is 0 Å². The van der Waals surface area contributed by atoms with Crippen LogP contribution in [-0.4, -0.2) is 55.6 Å². The van der Waals surface area contributed by atoms with Crippen LogP contribution in [-0.2, 0) is 25.3 Å². The van der Waals surface area contributed by atoms with Gasteiger partial charge in [-0.15, -0.1) is 0 Å². The Morgan fingerprint density at radius 3 is 1.06 bits per heavy atom. The van der Waals surface area contributed by atoms with Gasteiger partial charge in [0.2, 0.25) is 0 Å². The van der Waals surface area contributed by atoms with Crippen LogP contribution in [0.25, 0.3) is 0 Å². The van der Waals surface area contributed by atoms with Crippen molar-refractivity contribution in [2.24, 2.45) is 0 Å². The molecule has 0 radical (unpaired) electrons. The second-order valence-electron chi connectivity index (χ2n) is 2.51. The number of thiocarbonyl (C=S) groups is 2. The van der Waals surface area contributed by atoms with E-state index >= 15 is 0 Å². The first-order valence-corrected chi connectivity index (χ1v) is 5.16. The minimum absolute atomic E-state index is 0. The van der Waals surface area contributed by atoms with Crippen LogP contribution in [0.2, 0.25) is 0 Å². The Morgan fingerprint density at radius 2 is 0.938 bits per heavy atom. The van der Waals surface area contributed by atoms with E-state index in [1.807, 2.05) is 9.80 Å². The van der Waals surface area contributed by atoms with Gasteiger partial charge in [-0.1, -0.05) is 8.64 Å². The molecule has 1 fully saturated rings. The van der Waals surface area contributed by atoms with Crippen molar-refractivity contribution in [3.63, 3.8) is 0 Å².